The largest absolute Gasteiger partial charge is 0.352 e. The maximum absolute atomic E-state index is 13.8. The third kappa shape index (κ3) is 6.55. The van der Waals surface area contributed by atoms with E-state index in [4.69, 9.17) is 0 Å². The summed E-state index contributed by atoms with van der Waals surface area (Å²) < 4.78 is 0. The fourth-order valence-corrected chi connectivity index (χ4v) is 4.05. The van der Waals surface area contributed by atoms with Crippen LogP contribution in [-0.2, 0) is 16.1 Å². The molecule has 33 heavy (non-hydrogen) atoms. The van der Waals surface area contributed by atoms with Crippen LogP contribution < -0.4 is 5.32 Å². The van der Waals surface area contributed by atoms with E-state index in [0.29, 0.717) is 13.0 Å². The SMILES string of the molecule is Cc1ccccc1CN(C(=O)CC(c1ccccc1)c1ccccc1)[C@@H](C)C(=O)NC(C)C. The van der Waals surface area contributed by atoms with Crippen LogP contribution in [0.3, 0.4) is 0 Å². The van der Waals surface area contributed by atoms with E-state index in [1.807, 2.05) is 88.4 Å². The Bertz CT molecular complexity index is 1010. The molecule has 0 aliphatic rings. The lowest BCUT2D eigenvalue weighted by molar-refractivity contribution is -0.141. The van der Waals surface area contributed by atoms with Gasteiger partial charge in [0.15, 0.2) is 0 Å². The zero-order valence-corrected chi connectivity index (χ0v) is 20.0. The minimum atomic E-state index is -0.577. The second-order valence-corrected chi connectivity index (χ2v) is 8.87. The van der Waals surface area contributed by atoms with Gasteiger partial charge in [-0.1, -0.05) is 84.9 Å². The van der Waals surface area contributed by atoms with Crippen LogP contribution in [0.4, 0.5) is 0 Å². The summed E-state index contributed by atoms with van der Waals surface area (Å²) in [7, 11) is 0. The molecule has 0 bridgehead atoms. The number of carbonyl (C=O) groups is 2. The van der Waals surface area contributed by atoms with Gasteiger partial charge < -0.3 is 10.2 Å². The van der Waals surface area contributed by atoms with E-state index >= 15 is 0 Å². The van der Waals surface area contributed by atoms with Crippen LogP contribution in [0.2, 0.25) is 0 Å². The average Bonchev–Trinajstić information content (AvgIpc) is 2.82. The molecule has 0 saturated heterocycles. The molecular weight excluding hydrogens is 408 g/mol. The first-order valence-electron chi connectivity index (χ1n) is 11.6. The molecule has 0 aliphatic carbocycles. The van der Waals surface area contributed by atoms with Crippen LogP contribution in [0.1, 0.15) is 55.4 Å². The van der Waals surface area contributed by atoms with Crippen molar-refractivity contribution in [3.63, 3.8) is 0 Å². The van der Waals surface area contributed by atoms with Gasteiger partial charge >= 0.3 is 0 Å². The highest BCUT2D eigenvalue weighted by molar-refractivity contribution is 5.88. The first-order valence-corrected chi connectivity index (χ1v) is 11.6. The summed E-state index contributed by atoms with van der Waals surface area (Å²) in [5.41, 5.74) is 4.33. The number of aryl methyl sites for hydroxylation is 1. The minimum Gasteiger partial charge on any atom is -0.352 e. The number of nitrogens with zero attached hydrogens (tertiary/aromatic N) is 1. The van der Waals surface area contributed by atoms with Gasteiger partial charge in [0.25, 0.3) is 0 Å². The Balaban J connectivity index is 1.93. The summed E-state index contributed by atoms with van der Waals surface area (Å²) in [6, 6.07) is 27.7. The van der Waals surface area contributed by atoms with Crippen LogP contribution in [0, 0.1) is 6.92 Å². The van der Waals surface area contributed by atoms with Crippen LogP contribution >= 0.6 is 0 Å². The van der Waals surface area contributed by atoms with Crippen molar-refractivity contribution in [2.24, 2.45) is 0 Å². The summed E-state index contributed by atoms with van der Waals surface area (Å²) in [5.74, 6) is -0.259. The molecule has 3 aromatic carbocycles. The molecule has 0 aromatic heterocycles. The fraction of sp³-hybridized carbons (Fsp3) is 0.310. The van der Waals surface area contributed by atoms with E-state index in [0.717, 1.165) is 22.3 Å². The second-order valence-electron chi connectivity index (χ2n) is 8.87. The molecule has 4 nitrogen and oxygen atoms in total. The molecule has 172 valence electrons. The van der Waals surface area contributed by atoms with Gasteiger partial charge in [-0.05, 0) is 49.9 Å². The number of nitrogens with one attached hydrogen (secondary N) is 1. The Hall–Kier alpha value is -3.40. The predicted molar refractivity (Wildman–Crippen MR) is 134 cm³/mol. The van der Waals surface area contributed by atoms with E-state index in [1.54, 1.807) is 4.90 Å². The third-order valence-corrected chi connectivity index (χ3v) is 5.98. The van der Waals surface area contributed by atoms with Crippen molar-refractivity contribution in [3.05, 3.63) is 107 Å². The molecule has 3 rings (SSSR count). The Kier molecular flexibility index (Phi) is 8.42. The normalized spacial score (nSPS) is 11.9. The number of rotatable bonds is 9. The Labute approximate surface area is 197 Å². The second kappa shape index (κ2) is 11.5. The van der Waals surface area contributed by atoms with E-state index in [-0.39, 0.29) is 23.8 Å². The molecule has 0 fully saturated rings. The predicted octanol–water partition coefficient (Wildman–Crippen LogP) is 5.46. The van der Waals surface area contributed by atoms with Gasteiger partial charge in [-0.25, -0.2) is 0 Å². The first kappa shape index (κ1) is 24.2. The highest BCUT2D eigenvalue weighted by Crippen LogP contribution is 2.29. The molecule has 0 saturated carbocycles. The maximum atomic E-state index is 13.8. The highest BCUT2D eigenvalue weighted by atomic mass is 16.2. The van der Waals surface area contributed by atoms with Gasteiger partial charge in [-0.2, -0.15) is 0 Å². The van der Waals surface area contributed by atoms with Crippen LogP contribution in [-0.4, -0.2) is 28.8 Å². The van der Waals surface area contributed by atoms with Crippen LogP contribution in [0.15, 0.2) is 84.9 Å². The number of hydrogen-bond acceptors (Lipinski definition) is 2. The average molecular weight is 443 g/mol. The molecule has 0 heterocycles. The fourth-order valence-electron chi connectivity index (χ4n) is 4.05. The van der Waals surface area contributed by atoms with Gasteiger partial charge in [0.1, 0.15) is 6.04 Å². The molecule has 3 aromatic rings. The summed E-state index contributed by atoms with van der Waals surface area (Å²) >= 11 is 0. The highest BCUT2D eigenvalue weighted by Gasteiger charge is 2.29. The summed E-state index contributed by atoms with van der Waals surface area (Å²) in [6.07, 6.45) is 0.291. The molecule has 1 N–H and O–H groups in total. The lowest BCUT2D eigenvalue weighted by atomic mass is 9.88. The standard InChI is InChI=1S/C29H34N2O2/c1-21(2)30-29(33)23(4)31(20-26-18-12-11-13-22(26)3)28(32)19-27(24-14-7-5-8-15-24)25-16-9-6-10-17-25/h5-18,21,23,27H,19-20H2,1-4H3,(H,30,33)/t23-/m0/s1. The molecule has 0 radical (unpaired) electrons. The first-order chi connectivity index (χ1) is 15.9. The summed E-state index contributed by atoms with van der Waals surface area (Å²) in [5, 5.41) is 2.96. The van der Waals surface area contributed by atoms with Gasteiger partial charge in [-0.15, -0.1) is 0 Å². The summed E-state index contributed by atoms with van der Waals surface area (Å²) in [6.45, 7) is 8.11. The minimum absolute atomic E-state index is 0.0109. The molecular formula is C29H34N2O2. The van der Waals surface area contributed by atoms with Crippen LogP contribution in [0.5, 0.6) is 0 Å². The molecule has 0 aliphatic heterocycles. The van der Waals surface area contributed by atoms with Crippen molar-refractivity contribution in [2.45, 2.75) is 58.7 Å². The van der Waals surface area contributed by atoms with E-state index in [9.17, 15) is 9.59 Å². The van der Waals surface area contributed by atoms with Crippen molar-refractivity contribution < 1.29 is 9.59 Å². The molecule has 2 amide bonds. The topological polar surface area (TPSA) is 49.4 Å². The molecule has 0 spiro atoms. The smallest absolute Gasteiger partial charge is 0.242 e. The zero-order valence-electron chi connectivity index (χ0n) is 20.0. The van der Waals surface area contributed by atoms with Gasteiger partial charge in [0.2, 0.25) is 11.8 Å². The Morgan fingerprint density at radius 3 is 1.82 bits per heavy atom. The van der Waals surface area contributed by atoms with Crippen molar-refractivity contribution in [2.75, 3.05) is 0 Å². The number of carbonyl (C=O) groups excluding carboxylic acids is 2. The lowest BCUT2D eigenvalue weighted by Gasteiger charge is -2.31. The Morgan fingerprint density at radius 1 is 0.788 bits per heavy atom. The van der Waals surface area contributed by atoms with E-state index in [1.165, 1.54) is 0 Å². The molecule has 0 unspecified atom stereocenters. The van der Waals surface area contributed by atoms with Crippen molar-refractivity contribution in [1.29, 1.82) is 0 Å². The molecule has 4 heteroatoms. The summed E-state index contributed by atoms with van der Waals surface area (Å²) in [4.78, 5) is 28.4. The van der Waals surface area contributed by atoms with E-state index < -0.39 is 6.04 Å². The van der Waals surface area contributed by atoms with Crippen LogP contribution in [0.25, 0.3) is 0 Å². The van der Waals surface area contributed by atoms with Crippen molar-refractivity contribution >= 4 is 11.8 Å². The monoisotopic (exact) mass is 442 g/mol. The zero-order chi connectivity index (χ0) is 23.8. The number of hydrogen-bond donors (Lipinski definition) is 1. The molecule has 1 atom stereocenters. The maximum Gasteiger partial charge on any atom is 0.242 e. The van der Waals surface area contributed by atoms with E-state index in [2.05, 4.69) is 29.6 Å². The van der Waals surface area contributed by atoms with Gasteiger partial charge in [0, 0.05) is 24.9 Å². The van der Waals surface area contributed by atoms with Crippen molar-refractivity contribution in [1.82, 2.24) is 10.2 Å². The number of benzene rings is 3. The van der Waals surface area contributed by atoms with Gasteiger partial charge in [-0.3, -0.25) is 9.59 Å². The van der Waals surface area contributed by atoms with Gasteiger partial charge in [0.05, 0.1) is 0 Å². The third-order valence-electron chi connectivity index (χ3n) is 5.98. The lowest BCUT2D eigenvalue weighted by Crippen LogP contribution is -2.49. The number of amides is 2. The quantitative estimate of drug-likeness (QED) is 0.478. The Morgan fingerprint density at radius 2 is 1.30 bits per heavy atom. The van der Waals surface area contributed by atoms with Crippen molar-refractivity contribution in [3.8, 4) is 0 Å².